The fraction of sp³-hybridized carbons (Fsp3) is 0.0833. The molecule has 1 aromatic carbocycles. The molecule has 0 aliphatic heterocycles. The largest absolute Gasteiger partial charge is 0.506 e. The Morgan fingerprint density at radius 2 is 2.05 bits per heavy atom. The highest BCUT2D eigenvalue weighted by molar-refractivity contribution is 6.36. The van der Waals surface area contributed by atoms with E-state index in [2.05, 4.69) is 15.1 Å². The monoisotopic (exact) mass is 312 g/mol. The summed E-state index contributed by atoms with van der Waals surface area (Å²) in [6, 6.07) is 2.90. The van der Waals surface area contributed by atoms with Gasteiger partial charge in [0.2, 0.25) is 5.88 Å². The van der Waals surface area contributed by atoms with Crippen molar-refractivity contribution in [1.82, 2.24) is 9.97 Å². The van der Waals surface area contributed by atoms with Crippen molar-refractivity contribution < 1.29 is 9.84 Å². The van der Waals surface area contributed by atoms with Crippen LogP contribution in [-0.4, -0.2) is 27.9 Å². The number of ether oxygens (including phenoxy) is 1. The summed E-state index contributed by atoms with van der Waals surface area (Å²) in [6.45, 7) is 0. The van der Waals surface area contributed by atoms with Crippen LogP contribution in [0.3, 0.4) is 0 Å². The van der Waals surface area contributed by atoms with Crippen LogP contribution < -0.4 is 10.6 Å². The molecule has 0 aliphatic carbocycles. The van der Waals surface area contributed by atoms with Gasteiger partial charge in [-0.3, -0.25) is 0 Å². The molecule has 0 amide bonds. The third kappa shape index (κ3) is 2.76. The molecule has 0 unspecified atom stereocenters. The molecule has 0 bridgehead atoms. The Kier molecular flexibility index (Phi) is 4.26. The molecule has 1 heterocycles. The van der Waals surface area contributed by atoms with Crippen LogP contribution in [0.4, 0.5) is 0 Å². The van der Waals surface area contributed by atoms with E-state index in [0.717, 1.165) is 0 Å². The molecular formula is C12H10Cl2N4O2. The number of benzene rings is 1. The lowest BCUT2D eigenvalue weighted by atomic mass is 10.1. The summed E-state index contributed by atoms with van der Waals surface area (Å²) in [5, 5.41) is 14.0. The van der Waals surface area contributed by atoms with Crippen molar-refractivity contribution in [2.75, 3.05) is 7.11 Å². The van der Waals surface area contributed by atoms with Crippen molar-refractivity contribution in [3.05, 3.63) is 45.8 Å². The Bertz CT molecular complexity index is 659. The Balaban J connectivity index is 2.53. The number of hydrogen-bond acceptors (Lipinski definition) is 6. The first-order valence-corrected chi connectivity index (χ1v) is 6.15. The van der Waals surface area contributed by atoms with Crippen LogP contribution in [0.1, 0.15) is 11.3 Å². The topological polar surface area (TPSA) is 93.6 Å². The highest BCUT2D eigenvalue weighted by Gasteiger charge is 2.17. The van der Waals surface area contributed by atoms with Crippen LogP contribution in [0, 0.1) is 0 Å². The third-order valence-electron chi connectivity index (χ3n) is 2.49. The zero-order chi connectivity index (χ0) is 14.7. The maximum Gasteiger partial charge on any atom is 0.232 e. The van der Waals surface area contributed by atoms with E-state index in [1.54, 1.807) is 0 Å². The summed E-state index contributed by atoms with van der Waals surface area (Å²) >= 11 is 11.8. The fourth-order valence-electron chi connectivity index (χ4n) is 1.56. The number of methoxy groups -OCH3 is 1. The van der Waals surface area contributed by atoms with Crippen molar-refractivity contribution in [2.45, 2.75) is 0 Å². The third-order valence-corrected chi connectivity index (χ3v) is 3.00. The molecule has 20 heavy (non-hydrogen) atoms. The van der Waals surface area contributed by atoms with Gasteiger partial charge in [-0.05, 0) is 12.1 Å². The van der Waals surface area contributed by atoms with Gasteiger partial charge < -0.3 is 15.7 Å². The first kappa shape index (κ1) is 14.4. The molecule has 6 nitrogen and oxygen atoms in total. The molecule has 3 N–H and O–H groups in total. The van der Waals surface area contributed by atoms with Crippen LogP contribution in [-0.2, 0) is 0 Å². The second-order valence-electron chi connectivity index (χ2n) is 3.71. The predicted octanol–water partition coefficient (Wildman–Crippen LogP) is 2.21. The number of nitrogens with zero attached hydrogens (tertiary/aromatic N) is 3. The Morgan fingerprint density at radius 3 is 2.60 bits per heavy atom. The van der Waals surface area contributed by atoms with Gasteiger partial charge in [-0.25, -0.2) is 9.97 Å². The van der Waals surface area contributed by atoms with Crippen molar-refractivity contribution in [1.29, 1.82) is 0 Å². The van der Waals surface area contributed by atoms with E-state index in [9.17, 15) is 5.11 Å². The molecule has 0 saturated heterocycles. The summed E-state index contributed by atoms with van der Waals surface area (Å²) in [6.07, 6.45) is 2.82. The summed E-state index contributed by atoms with van der Waals surface area (Å²) in [5.74, 6) is 5.53. The lowest BCUT2D eigenvalue weighted by Gasteiger charge is -2.09. The minimum atomic E-state index is -0.183. The first-order chi connectivity index (χ1) is 9.56. The van der Waals surface area contributed by atoms with Crippen molar-refractivity contribution in [3.8, 4) is 11.6 Å². The summed E-state index contributed by atoms with van der Waals surface area (Å²) in [4.78, 5) is 8.10. The van der Waals surface area contributed by atoms with Crippen molar-refractivity contribution in [3.63, 3.8) is 0 Å². The molecule has 104 valence electrons. The van der Waals surface area contributed by atoms with Gasteiger partial charge in [-0.15, -0.1) is 0 Å². The molecule has 0 saturated carbocycles. The van der Waals surface area contributed by atoms with Gasteiger partial charge >= 0.3 is 0 Å². The van der Waals surface area contributed by atoms with E-state index in [1.807, 2.05) is 0 Å². The smallest absolute Gasteiger partial charge is 0.232 e. The highest BCUT2D eigenvalue weighted by Crippen LogP contribution is 2.32. The summed E-state index contributed by atoms with van der Waals surface area (Å²) in [5.41, 5.74) is 0.827. The number of nitrogens with two attached hydrogens (primary N) is 1. The van der Waals surface area contributed by atoms with E-state index < -0.39 is 0 Å². The number of aromatic hydroxyl groups is 1. The summed E-state index contributed by atoms with van der Waals surface area (Å²) < 4.78 is 4.91. The van der Waals surface area contributed by atoms with Gasteiger partial charge in [0.25, 0.3) is 0 Å². The Morgan fingerprint density at radius 1 is 1.30 bits per heavy atom. The van der Waals surface area contributed by atoms with Gasteiger partial charge in [0, 0.05) is 10.6 Å². The predicted molar refractivity (Wildman–Crippen MR) is 76.5 cm³/mol. The second kappa shape index (κ2) is 5.94. The van der Waals surface area contributed by atoms with E-state index in [0.29, 0.717) is 16.6 Å². The number of phenolic OH excluding ortho intramolecular Hbond substituents is 1. The van der Waals surface area contributed by atoms with Gasteiger partial charge in [-0.1, -0.05) is 23.2 Å². The molecule has 1 aromatic heterocycles. The maximum atomic E-state index is 9.99. The van der Waals surface area contributed by atoms with Crippen LogP contribution >= 0.6 is 23.2 Å². The number of hydrazone groups is 1. The fourth-order valence-corrected chi connectivity index (χ4v) is 2.06. The van der Waals surface area contributed by atoms with Gasteiger partial charge in [0.05, 0.1) is 24.5 Å². The molecule has 0 aliphatic rings. The second-order valence-corrected chi connectivity index (χ2v) is 4.55. The molecule has 0 atom stereocenters. The van der Waals surface area contributed by atoms with Crippen LogP contribution in [0.15, 0.2) is 29.6 Å². The van der Waals surface area contributed by atoms with Gasteiger partial charge in [0.1, 0.15) is 17.2 Å². The molecule has 2 aromatic rings. The number of halogens is 2. The van der Waals surface area contributed by atoms with Gasteiger partial charge in [0.15, 0.2) is 0 Å². The molecule has 0 fully saturated rings. The maximum absolute atomic E-state index is 9.99. The van der Waals surface area contributed by atoms with E-state index in [-0.39, 0.29) is 22.0 Å². The lowest BCUT2D eigenvalue weighted by Crippen LogP contribution is -2.10. The Labute approximate surface area is 124 Å². The van der Waals surface area contributed by atoms with E-state index in [4.69, 9.17) is 33.8 Å². The lowest BCUT2D eigenvalue weighted by molar-refractivity contribution is 0.395. The zero-order valence-electron chi connectivity index (χ0n) is 10.3. The summed E-state index contributed by atoms with van der Waals surface area (Å²) in [7, 11) is 1.48. The minimum absolute atomic E-state index is 0.0927. The zero-order valence-corrected chi connectivity index (χ0v) is 11.9. The highest BCUT2D eigenvalue weighted by atomic mass is 35.5. The SMILES string of the molecule is COc1cnc(/C(=N/N)c2cc(Cl)cc(Cl)c2O)cn1. The normalized spacial score (nSPS) is 11.4. The average Bonchev–Trinajstić information content (AvgIpc) is 2.45. The number of phenols is 1. The number of rotatable bonds is 3. The minimum Gasteiger partial charge on any atom is -0.506 e. The standard InChI is InChI=1S/C12H10Cl2N4O2/c1-20-10-5-16-9(4-17-10)11(18-15)7-2-6(13)3-8(14)12(7)19/h2-5,19H,15H2,1H3/b18-11+. The Hall–Kier alpha value is -2.05. The molecule has 0 radical (unpaired) electrons. The van der Waals surface area contributed by atoms with Crippen LogP contribution in [0.25, 0.3) is 0 Å². The molecule has 2 rings (SSSR count). The first-order valence-electron chi connectivity index (χ1n) is 5.39. The van der Waals surface area contributed by atoms with Crippen LogP contribution in [0.2, 0.25) is 10.0 Å². The number of aromatic nitrogens is 2. The average molecular weight is 313 g/mol. The van der Waals surface area contributed by atoms with E-state index in [1.165, 1.54) is 31.6 Å². The number of hydrogen-bond donors (Lipinski definition) is 2. The van der Waals surface area contributed by atoms with E-state index >= 15 is 0 Å². The molecule has 8 heteroatoms. The van der Waals surface area contributed by atoms with Crippen molar-refractivity contribution in [2.24, 2.45) is 10.9 Å². The quantitative estimate of drug-likeness (QED) is 0.515. The molecular weight excluding hydrogens is 303 g/mol. The van der Waals surface area contributed by atoms with Gasteiger partial charge in [-0.2, -0.15) is 5.10 Å². The van der Waals surface area contributed by atoms with Crippen molar-refractivity contribution >= 4 is 28.9 Å². The molecule has 0 spiro atoms. The van der Waals surface area contributed by atoms with Crippen LogP contribution in [0.5, 0.6) is 11.6 Å².